The first kappa shape index (κ1) is 18.8. The van der Waals surface area contributed by atoms with Crippen LogP contribution in [0.15, 0.2) is 48.5 Å². The van der Waals surface area contributed by atoms with Crippen LogP contribution in [-0.2, 0) is 11.2 Å². The Balaban J connectivity index is 1.75. The van der Waals surface area contributed by atoms with E-state index in [0.717, 1.165) is 18.6 Å². The zero-order chi connectivity index (χ0) is 18.1. The number of aryl methyl sites for hydroxylation is 2. The maximum absolute atomic E-state index is 12.3. The highest BCUT2D eigenvalue weighted by Crippen LogP contribution is 2.19. The summed E-state index contributed by atoms with van der Waals surface area (Å²) in [5.41, 5.74) is 2.56. The third-order valence-electron chi connectivity index (χ3n) is 4.06. The van der Waals surface area contributed by atoms with Gasteiger partial charge in [0.05, 0.1) is 7.11 Å². The molecule has 0 saturated carbocycles. The van der Waals surface area contributed by atoms with Gasteiger partial charge in [-0.15, -0.1) is 0 Å². The summed E-state index contributed by atoms with van der Waals surface area (Å²) in [6.45, 7) is 4.67. The van der Waals surface area contributed by atoms with Crippen LogP contribution >= 0.6 is 0 Å². The first-order valence-corrected chi connectivity index (χ1v) is 8.76. The van der Waals surface area contributed by atoms with Crippen LogP contribution in [0.3, 0.4) is 0 Å². The molecule has 0 spiro atoms. The van der Waals surface area contributed by atoms with E-state index in [-0.39, 0.29) is 5.91 Å². The predicted octanol–water partition coefficient (Wildman–Crippen LogP) is 3.91. The number of hydrogen-bond acceptors (Lipinski definition) is 3. The van der Waals surface area contributed by atoms with Crippen molar-refractivity contribution in [3.05, 3.63) is 59.7 Å². The molecule has 0 unspecified atom stereocenters. The molecule has 1 atom stereocenters. The average Bonchev–Trinajstić information content (AvgIpc) is 2.65. The first-order valence-electron chi connectivity index (χ1n) is 8.76. The number of carbonyl (C=O) groups excluding carboxylic acids is 1. The Kier molecular flexibility index (Phi) is 7.33. The van der Waals surface area contributed by atoms with Crippen LogP contribution in [0.5, 0.6) is 11.5 Å². The molecule has 0 aliphatic carbocycles. The van der Waals surface area contributed by atoms with Crippen LogP contribution in [0.4, 0.5) is 0 Å². The summed E-state index contributed by atoms with van der Waals surface area (Å²) in [7, 11) is 1.62. The fourth-order valence-electron chi connectivity index (χ4n) is 2.51. The molecule has 0 fully saturated rings. The highest BCUT2D eigenvalue weighted by atomic mass is 16.5. The van der Waals surface area contributed by atoms with E-state index in [1.165, 1.54) is 11.1 Å². The van der Waals surface area contributed by atoms with E-state index in [4.69, 9.17) is 9.47 Å². The van der Waals surface area contributed by atoms with Gasteiger partial charge < -0.3 is 14.8 Å². The van der Waals surface area contributed by atoms with Crippen LogP contribution in [0, 0.1) is 6.92 Å². The second kappa shape index (κ2) is 9.72. The quantitative estimate of drug-likeness (QED) is 0.704. The molecule has 134 valence electrons. The highest BCUT2D eigenvalue weighted by molar-refractivity contribution is 5.81. The van der Waals surface area contributed by atoms with Gasteiger partial charge >= 0.3 is 0 Å². The van der Waals surface area contributed by atoms with Crippen molar-refractivity contribution < 1.29 is 14.3 Å². The minimum atomic E-state index is -0.479. The Hall–Kier alpha value is -2.49. The van der Waals surface area contributed by atoms with Gasteiger partial charge in [-0.05, 0) is 56.0 Å². The molecule has 25 heavy (non-hydrogen) atoms. The fraction of sp³-hybridized carbons (Fsp3) is 0.381. The summed E-state index contributed by atoms with van der Waals surface area (Å²) in [6.07, 6.45) is 2.01. The Labute approximate surface area is 150 Å². The molecule has 0 aliphatic rings. The third kappa shape index (κ3) is 6.14. The van der Waals surface area contributed by atoms with Crippen molar-refractivity contribution in [3.8, 4) is 11.5 Å². The molecule has 1 amide bonds. The van der Waals surface area contributed by atoms with E-state index < -0.39 is 6.10 Å². The first-order chi connectivity index (χ1) is 12.1. The van der Waals surface area contributed by atoms with Crippen LogP contribution in [0.2, 0.25) is 0 Å². The number of benzene rings is 2. The molecule has 0 radical (unpaired) electrons. The van der Waals surface area contributed by atoms with E-state index >= 15 is 0 Å². The molecule has 0 aliphatic heterocycles. The van der Waals surface area contributed by atoms with Gasteiger partial charge in [0.2, 0.25) is 0 Å². The number of carbonyl (C=O) groups is 1. The fourth-order valence-corrected chi connectivity index (χ4v) is 2.51. The largest absolute Gasteiger partial charge is 0.497 e. The SMILES string of the molecule is CC[C@H](Oc1ccc(OC)cc1)C(=O)NCCCc1ccc(C)cc1. The van der Waals surface area contributed by atoms with Gasteiger partial charge in [-0.1, -0.05) is 36.8 Å². The van der Waals surface area contributed by atoms with Gasteiger partial charge in [-0.3, -0.25) is 4.79 Å². The van der Waals surface area contributed by atoms with E-state index in [9.17, 15) is 4.79 Å². The molecule has 2 aromatic carbocycles. The lowest BCUT2D eigenvalue weighted by atomic mass is 10.1. The van der Waals surface area contributed by atoms with Crippen molar-refractivity contribution in [2.24, 2.45) is 0 Å². The maximum atomic E-state index is 12.3. The lowest BCUT2D eigenvalue weighted by Crippen LogP contribution is -2.38. The van der Waals surface area contributed by atoms with E-state index in [0.29, 0.717) is 18.7 Å². The van der Waals surface area contributed by atoms with Gasteiger partial charge in [0, 0.05) is 6.54 Å². The minimum absolute atomic E-state index is 0.0674. The normalized spacial score (nSPS) is 11.6. The van der Waals surface area contributed by atoms with Gasteiger partial charge in [0.25, 0.3) is 5.91 Å². The smallest absolute Gasteiger partial charge is 0.261 e. The molecular formula is C21H27NO3. The molecular weight excluding hydrogens is 314 g/mol. The monoisotopic (exact) mass is 341 g/mol. The summed E-state index contributed by atoms with van der Waals surface area (Å²) in [6, 6.07) is 15.8. The second-order valence-electron chi connectivity index (χ2n) is 6.07. The molecule has 0 saturated heterocycles. The molecule has 2 aromatic rings. The number of methoxy groups -OCH3 is 1. The van der Waals surface area contributed by atoms with Crippen molar-refractivity contribution in [2.75, 3.05) is 13.7 Å². The van der Waals surface area contributed by atoms with Gasteiger partial charge in [-0.2, -0.15) is 0 Å². The Morgan fingerprint density at radius 3 is 2.28 bits per heavy atom. The summed E-state index contributed by atoms with van der Waals surface area (Å²) in [5, 5.41) is 2.97. The number of amides is 1. The van der Waals surface area contributed by atoms with Crippen LogP contribution < -0.4 is 14.8 Å². The van der Waals surface area contributed by atoms with Crippen molar-refractivity contribution >= 4 is 5.91 Å². The lowest BCUT2D eigenvalue weighted by Gasteiger charge is -2.17. The topological polar surface area (TPSA) is 47.6 Å². The molecule has 0 bridgehead atoms. The van der Waals surface area contributed by atoms with Gasteiger partial charge in [0.15, 0.2) is 6.10 Å². The molecule has 0 aromatic heterocycles. The number of hydrogen-bond donors (Lipinski definition) is 1. The Morgan fingerprint density at radius 1 is 1.04 bits per heavy atom. The van der Waals surface area contributed by atoms with E-state index in [1.54, 1.807) is 7.11 Å². The average molecular weight is 341 g/mol. The highest BCUT2D eigenvalue weighted by Gasteiger charge is 2.17. The molecule has 4 nitrogen and oxygen atoms in total. The van der Waals surface area contributed by atoms with Crippen molar-refractivity contribution in [1.29, 1.82) is 0 Å². The maximum Gasteiger partial charge on any atom is 0.261 e. The summed E-state index contributed by atoms with van der Waals surface area (Å²) >= 11 is 0. The number of rotatable bonds is 9. The van der Waals surface area contributed by atoms with Crippen LogP contribution in [-0.4, -0.2) is 25.7 Å². The Morgan fingerprint density at radius 2 is 1.68 bits per heavy atom. The molecule has 4 heteroatoms. The van der Waals surface area contributed by atoms with Gasteiger partial charge in [-0.25, -0.2) is 0 Å². The molecule has 1 N–H and O–H groups in total. The van der Waals surface area contributed by atoms with Gasteiger partial charge in [0.1, 0.15) is 11.5 Å². The number of nitrogens with one attached hydrogen (secondary N) is 1. The summed E-state index contributed by atoms with van der Waals surface area (Å²) < 4.78 is 10.9. The van der Waals surface area contributed by atoms with E-state index in [1.807, 2.05) is 31.2 Å². The summed E-state index contributed by atoms with van der Waals surface area (Å²) in [4.78, 5) is 12.3. The minimum Gasteiger partial charge on any atom is -0.497 e. The standard InChI is InChI=1S/C21H27NO3/c1-4-20(25-19-13-11-18(24-3)12-14-19)21(23)22-15-5-6-17-9-7-16(2)8-10-17/h7-14,20H,4-6,15H2,1-3H3,(H,22,23)/t20-/m0/s1. The third-order valence-corrected chi connectivity index (χ3v) is 4.06. The predicted molar refractivity (Wildman–Crippen MR) is 100 cm³/mol. The van der Waals surface area contributed by atoms with Crippen molar-refractivity contribution in [1.82, 2.24) is 5.32 Å². The zero-order valence-electron chi connectivity index (χ0n) is 15.2. The molecule has 0 heterocycles. The molecule has 2 rings (SSSR count). The summed E-state index contributed by atoms with van der Waals surface area (Å²) in [5.74, 6) is 1.37. The van der Waals surface area contributed by atoms with Crippen LogP contribution in [0.1, 0.15) is 30.9 Å². The second-order valence-corrected chi connectivity index (χ2v) is 6.07. The van der Waals surface area contributed by atoms with Crippen molar-refractivity contribution in [2.45, 2.75) is 39.2 Å². The van der Waals surface area contributed by atoms with Crippen LogP contribution in [0.25, 0.3) is 0 Å². The number of ether oxygens (including phenoxy) is 2. The Bertz CT molecular complexity index is 650. The van der Waals surface area contributed by atoms with E-state index in [2.05, 4.69) is 36.5 Å². The lowest BCUT2D eigenvalue weighted by molar-refractivity contribution is -0.128. The van der Waals surface area contributed by atoms with Crippen molar-refractivity contribution in [3.63, 3.8) is 0 Å². The zero-order valence-corrected chi connectivity index (χ0v) is 15.2.